The van der Waals surface area contributed by atoms with E-state index in [2.05, 4.69) is 15.0 Å². The average molecular weight is 152 g/mol. The zero-order valence-corrected chi connectivity index (χ0v) is 5.35. The van der Waals surface area contributed by atoms with E-state index in [-0.39, 0.29) is 0 Å². The molecule has 0 saturated carbocycles. The SMILES string of the molecule is O=c1nc2ncn(O)cc-2[nH]1. The topological polar surface area (TPSA) is 83.8 Å². The van der Waals surface area contributed by atoms with E-state index >= 15 is 0 Å². The van der Waals surface area contributed by atoms with Gasteiger partial charge in [-0.1, -0.05) is 0 Å². The van der Waals surface area contributed by atoms with Crippen molar-refractivity contribution in [1.82, 2.24) is 19.7 Å². The van der Waals surface area contributed by atoms with Crippen molar-refractivity contribution < 1.29 is 5.21 Å². The van der Waals surface area contributed by atoms with Gasteiger partial charge < -0.3 is 10.2 Å². The third-order valence-corrected chi connectivity index (χ3v) is 1.25. The highest BCUT2D eigenvalue weighted by Crippen LogP contribution is 2.07. The zero-order valence-electron chi connectivity index (χ0n) is 5.35. The van der Waals surface area contributed by atoms with E-state index in [1.54, 1.807) is 0 Å². The Bertz CT molecular complexity index is 403. The van der Waals surface area contributed by atoms with E-state index in [1.807, 2.05) is 0 Å². The second-order valence-electron chi connectivity index (χ2n) is 2.03. The molecule has 0 aliphatic carbocycles. The fourth-order valence-corrected chi connectivity index (χ4v) is 0.823. The molecule has 0 saturated heterocycles. The number of aromatic amines is 1. The summed E-state index contributed by atoms with van der Waals surface area (Å²) in [7, 11) is 0. The zero-order chi connectivity index (χ0) is 7.84. The molecule has 0 unspecified atom stereocenters. The predicted molar refractivity (Wildman–Crippen MR) is 34.4 cm³/mol. The molecule has 0 radical (unpaired) electrons. The third-order valence-electron chi connectivity index (χ3n) is 1.25. The molecule has 2 aliphatic rings. The molecule has 56 valence electrons. The summed E-state index contributed by atoms with van der Waals surface area (Å²) in [5.41, 5.74) is -0.0429. The van der Waals surface area contributed by atoms with E-state index < -0.39 is 5.69 Å². The van der Waals surface area contributed by atoms with E-state index in [9.17, 15) is 4.79 Å². The molecule has 0 aromatic rings. The Hall–Kier alpha value is -1.85. The molecule has 11 heavy (non-hydrogen) atoms. The molecule has 6 nitrogen and oxygen atoms in total. The van der Waals surface area contributed by atoms with Crippen molar-refractivity contribution in [3.8, 4) is 11.5 Å². The first kappa shape index (κ1) is 5.90. The van der Waals surface area contributed by atoms with Crippen LogP contribution in [0.4, 0.5) is 0 Å². The Morgan fingerprint density at radius 2 is 2.45 bits per heavy atom. The van der Waals surface area contributed by atoms with E-state index in [1.165, 1.54) is 6.20 Å². The average Bonchev–Trinajstić information content (AvgIpc) is 2.27. The van der Waals surface area contributed by atoms with Gasteiger partial charge in [-0.05, 0) is 0 Å². The summed E-state index contributed by atoms with van der Waals surface area (Å²) in [6.45, 7) is 0. The van der Waals surface area contributed by atoms with Gasteiger partial charge in [0.05, 0.1) is 6.20 Å². The minimum Gasteiger partial charge on any atom is -0.427 e. The summed E-state index contributed by atoms with van der Waals surface area (Å²) in [6.07, 6.45) is 2.47. The van der Waals surface area contributed by atoms with Gasteiger partial charge in [-0.25, -0.2) is 9.78 Å². The molecule has 0 fully saturated rings. The highest BCUT2D eigenvalue weighted by atomic mass is 16.5. The smallest absolute Gasteiger partial charge is 0.347 e. The maximum Gasteiger partial charge on any atom is 0.347 e. The molecule has 6 heteroatoms. The number of aromatic nitrogens is 4. The second kappa shape index (κ2) is 1.82. The fourth-order valence-electron chi connectivity index (χ4n) is 0.823. The molecular weight excluding hydrogens is 148 g/mol. The Morgan fingerprint density at radius 3 is 3.27 bits per heavy atom. The number of hydrogen-bond donors (Lipinski definition) is 2. The number of rotatable bonds is 0. The lowest BCUT2D eigenvalue weighted by Gasteiger charge is -1.96. The minimum absolute atomic E-state index is 0.306. The van der Waals surface area contributed by atoms with Crippen molar-refractivity contribution in [2.45, 2.75) is 0 Å². The van der Waals surface area contributed by atoms with Crippen LogP contribution in [0.2, 0.25) is 0 Å². The monoisotopic (exact) mass is 152 g/mol. The number of fused-ring (bicyclic) bond motifs is 1. The maximum absolute atomic E-state index is 10.6. The molecule has 0 amide bonds. The van der Waals surface area contributed by atoms with E-state index in [4.69, 9.17) is 5.21 Å². The van der Waals surface area contributed by atoms with Crippen molar-refractivity contribution in [3.05, 3.63) is 23.0 Å². The summed E-state index contributed by atoms with van der Waals surface area (Å²) < 4.78 is 0.750. The lowest BCUT2D eigenvalue weighted by molar-refractivity contribution is 0.181. The molecule has 0 aromatic heterocycles. The third kappa shape index (κ3) is 0.841. The number of nitrogens with zero attached hydrogens (tertiary/aromatic N) is 3. The van der Waals surface area contributed by atoms with Gasteiger partial charge in [-0.3, -0.25) is 0 Å². The van der Waals surface area contributed by atoms with Crippen molar-refractivity contribution in [2.24, 2.45) is 0 Å². The van der Waals surface area contributed by atoms with Crippen LogP contribution in [-0.2, 0) is 0 Å². The summed E-state index contributed by atoms with van der Waals surface area (Å²) >= 11 is 0. The molecule has 2 aliphatic heterocycles. The number of nitrogens with one attached hydrogen (secondary N) is 1. The molecule has 2 rings (SSSR count). The van der Waals surface area contributed by atoms with E-state index in [0.29, 0.717) is 11.5 Å². The van der Waals surface area contributed by atoms with Crippen LogP contribution in [0, 0.1) is 0 Å². The van der Waals surface area contributed by atoms with Gasteiger partial charge in [0.25, 0.3) is 0 Å². The summed E-state index contributed by atoms with van der Waals surface area (Å²) in [5, 5.41) is 8.84. The van der Waals surface area contributed by atoms with Crippen LogP contribution in [0.1, 0.15) is 0 Å². The van der Waals surface area contributed by atoms with Gasteiger partial charge in [-0.15, -0.1) is 0 Å². The Morgan fingerprint density at radius 1 is 1.64 bits per heavy atom. The molecule has 0 atom stereocenters. The van der Waals surface area contributed by atoms with Gasteiger partial charge in [0.1, 0.15) is 12.0 Å². The molecule has 2 heterocycles. The van der Waals surface area contributed by atoms with Crippen LogP contribution in [-0.4, -0.2) is 24.9 Å². The number of imidazole rings is 1. The van der Waals surface area contributed by atoms with Gasteiger partial charge in [0, 0.05) is 0 Å². The second-order valence-corrected chi connectivity index (χ2v) is 2.03. The largest absolute Gasteiger partial charge is 0.427 e. The minimum atomic E-state index is -0.460. The lowest BCUT2D eigenvalue weighted by Crippen LogP contribution is -1.98. The predicted octanol–water partition coefficient (Wildman–Crippen LogP) is -0.692. The molecule has 2 N–H and O–H groups in total. The molecule has 0 aromatic carbocycles. The van der Waals surface area contributed by atoms with Crippen LogP contribution in [0.15, 0.2) is 17.3 Å². The highest BCUT2D eigenvalue weighted by molar-refractivity contribution is 5.47. The quantitative estimate of drug-likeness (QED) is 0.489. The molecule has 0 spiro atoms. The number of H-pyrrole nitrogens is 1. The standard InChI is InChI=1S/C5H4N4O2/c10-5-7-3-1-9(11)2-6-4(3)8-5/h1-2,11H,(H,7,10). The van der Waals surface area contributed by atoms with Crippen molar-refractivity contribution >= 4 is 0 Å². The van der Waals surface area contributed by atoms with Crippen LogP contribution >= 0.6 is 0 Å². The maximum atomic E-state index is 10.6. The van der Waals surface area contributed by atoms with Gasteiger partial charge in [0.2, 0.25) is 0 Å². The lowest BCUT2D eigenvalue weighted by atomic mass is 10.4. The Labute approximate surface area is 60.5 Å². The first-order valence-corrected chi connectivity index (χ1v) is 2.89. The highest BCUT2D eigenvalue weighted by Gasteiger charge is 2.07. The molecule has 0 bridgehead atoms. The van der Waals surface area contributed by atoms with Gasteiger partial charge in [0.15, 0.2) is 5.82 Å². The van der Waals surface area contributed by atoms with E-state index in [0.717, 1.165) is 11.1 Å². The summed E-state index contributed by atoms with van der Waals surface area (Å²) in [6, 6.07) is 0. The van der Waals surface area contributed by atoms with Crippen LogP contribution in [0.3, 0.4) is 0 Å². The van der Waals surface area contributed by atoms with Crippen LogP contribution < -0.4 is 5.69 Å². The Balaban J connectivity index is 2.82. The van der Waals surface area contributed by atoms with Crippen molar-refractivity contribution in [3.63, 3.8) is 0 Å². The summed E-state index contributed by atoms with van der Waals surface area (Å²) in [4.78, 5) is 20.2. The normalized spacial score (nSPS) is 10.5. The fraction of sp³-hybridized carbons (Fsp3) is 0. The van der Waals surface area contributed by atoms with Crippen LogP contribution in [0.25, 0.3) is 11.5 Å². The number of hydrogen-bond acceptors (Lipinski definition) is 4. The van der Waals surface area contributed by atoms with Crippen LogP contribution in [0.5, 0.6) is 0 Å². The first-order chi connectivity index (χ1) is 5.25. The Kier molecular flexibility index (Phi) is 0.974. The molecular formula is C5H4N4O2. The first-order valence-electron chi connectivity index (χ1n) is 2.89. The van der Waals surface area contributed by atoms with Crippen molar-refractivity contribution in [2.75, 3.05) is 0 Å². The van der Waals surface area contributed by atoms with Gasteiger partial charge >= 0.3 is 5.69 Å². The summed E-state index contributed by atoms with van der Waals surface area (Å²) in [5.74, 6) is 0.306. The van der Waals surface area contributed by atoms with Crippen molar-refractivity contribution in [1.29, 1.82) is 0 Å². The van der Waals surface area contributed by atoms with Gasteiger partial charge in [-0.2, -0.15) is 9.71 Å².